The molecule has 1 aromatic carbocycles. The van der Waals surface area contributed by atoms with Gasteiger partial charge < -0.3 is 14.7 Å². The van der Waals surface area contributed by atoms with Crippen molar-refractivity contribution in [3.63, 3.8) is 0 Å². The highest BCUT2D eigenvalue weighted by Crippen LogP contribution is 2.23. The van der Waals surface area contributed by atoms with Crippen LogP contribution in [-0.4, -0.2) is 45.7 Å². The Kier molecular flexibility index (Phi) is 4.77. The predicted molar refractivity (Wildman–Crippen MR) is 77.1 cm³/mol. The molecule has 1 amide bonds. The van der Waals surface area contributed by atoms with Gasteiger partial charge in [0.25, 0.3) is 5.91 Å². The van der Waals surface area contributed by atoms with Crippen LogP contribution in [0.1, 0.15) is 6.92 Å². The largest absolute Gasteiger partial charge is 0.481 e. The number of rotatable bonds is 4. The molecule has 5 nitrogen and oxygen atoms in total. The predicted octanol–water partition coefficient (Wildman–Crippen LogP) is 2.09. The zero-order valence-corrected chi connectivity index (χ0v) is 12.4. The smallest absolute Gasteiger partial charge is 0.327 e. The molecule has 2 unspecified atom stereocenters. The van der Waals surface area contributed by atoms with Crippen molar-refractivity contribution >= 4 is 35.2 Å². The van der Waals surface area contributed by atoms with E-state index in [0.29, 0.717) is 22.4 Å². The van der Waals surface area contributed by atoms with Gasteiger partial charge >= 0.3 is 5.97 Å². The molecule has 0 radical (unpaired) electrons. The number of benzene rings is 1. The summed E-state index contributed by atoms with van der Waals surface area (Å²) in [6, 6.07) is 5.89. The molecular formula is C13H14ClNO4S. The van der Waals surface area contributed by atoms with Crippen molar-refractivity contribution in [1.82, 2.24) is 4.90 Å². The SMILES string of the molecule is CC(Oc1ccc(Cl)cc1)C(=O)N1CSCC1C(=O)O. The molecule has 2 rings (SSSR count). The summed E-state index contributed by atoms with van der Waals surface area (Å²) >= 11 is 7.19. The lowest BCUT2D eigenvalue weighted by atomic mass is 10.2. The number of carboxylic acid groups (broad SMARTS) is 1. The van der Waals surface area contributed by atoms with Crippen LogP contribution in [-0.2, 0) is 9.59 Å². The zero-order valence-electron chi connectivity index (χ0n) is 10.8. The van der Waals surface area contributed by atoms with E-state index in [1.54, 1.807) is 31.2 Å². The Labute approximate surface area is 125 Å². The van der Waals surface area contributed by atoms with E-state index in [1.165, 1.54) is 16.7 Å². The van der Waals surface area contributed by atoms with Crippen molar-refractivity contribution in [3.8, 4) is 5.75 Å². The van der Waals surface area contributed by atoms with Gasteiger partial charge in [-0.15, -0.1) is 11.8 Å². The fourth-order valence-corrected chi connectivity index (χ4v) is 3.15. The Morgan fingerprint density at radius 2 is 2.10 bits per heavy atom. The molecule has 1 heterocycles. The van der Waals surface area contributed by atoms with Crippen molar-refractivity contribution in [1.29, 1.82) is 0 Å². The number of ether oxygens (including phenoxy) is 1. The van der Waals surface area contributed by atoms with Crippen molar-refractivity contribution in [2.75, 3.05) is 11.6 Å². The van der Waals surface area contributed by atoms with Gasteiger partial charge in [-0.2, -0.15) is 0 Å². The number of nitrogens with zero attached hydrogens (tertiary/aromatic N) is 1. The molecule has 108 valence electrons. The minimum Gasteiger partial charge on any atom is -0.481 e. The average Bonchev–Trinajstić information content (AvgIpc) is 2.90. The van der Waals surface area contributed by atoms with E-state index in [0.717, 1.165) is 0 Å². The highest BCUT2D eigenvalue weighted by Gasteiger charge is 2.37. The number of hydrogen-bond donors (Lipinski definition) is 1. The minimum absolute atomic E-state index is 0.322. The van der Waals surface area contributed by atoms with E-state index < -0.39 is 18.1 Å². The third-order valence-electron chi connectivity index (χ3n) is 2.92. The molecule has 0 saturated carbocycles. The maximum Gasteiger partial charge on any atom is 0.327 e. The molecule has 0 bridgehead atoms. The van der Waals surface area contributed by atoms with Gasteiger partial charge in [-0.1, -0.05) is 11.6 Å². The van der Waals surface area contributed by atoms with Gasteiger partial charge in [0.05, 0.1) is 5.88 Å². The molecular weight excluding hydrogens is 302 g/mol. The maximum atomic E-state index is 12.2. The van der Waals surface area contributed by atoms with Gasteiger partial charge in [-0.3, -0.25) is 4.79 Å². The molecule has 1 aliphatic rings. The highest BCUT2D eigenvalue weighted by molar-refractivity contribution is 7.99. The Balaban J connectivity index is 2.01. The van der Waals surface area contributed by atoms with Crippen molar-refractivity contribution in [3.05, 3.63) is 29.3 Å². The van der Waals surface area contributed by atoms with Crippen LogP contribution in [0.5, 0.6) is 5.75 Å². The van der Waals surface area contributed by atoms with E-state index in [9.17, 15) is 9.59 Å². The molecule has 0 aliphatic carbocycles. The number of carboxylic acids is 1. The molecule has 7 heteroatoms. The second-order valence-corrected chi connectivity index (χ2v) is 5.81. The molecule has 20 heavy (non-hydrogen) atoms. The van der Waals surface area contributed by atoms with Crippen LogP contribution in [0.3, 0.4) is 0 Å². The fourth-order valence-electron chi connectivity index (χ4n) is 1.87. The quantitative estimate of drug-likeness (QED) is 0.921. The van der Waals surface area contributed by atoms with Gasteiger partial charge in [0.2, 0.25) is 0 Å². The van der Waals surface area contributed by atoms with E-state index in [2.05, 4.69) is 0 Å². The lowest BCUT2D eigenvalue weighted by Gasteiger charge is -2.24. The summed E-state index contributed by atoms with van der Waals surface area (Å²) in [6.07, 6.45) is -0.739. The average molecular weight is 316 g/mol. The zero-order chi connectivity index (χ0) is 14.7. The van der Waals surface area contributed by atoms with Crippen LogP contribution in [0.25, 0.3) is 0 Å². The first-order valence-electron chi connectivity index (χ1n) is 6.02. The Hall–Kier alpha value is -1.40. The van der Waals surface area contributed by atoms with Crippen molar-refractivity contribution < 1.29 is 19.4 Å². The molecule has 1 fully saturated rings. The lowest BCUT2D eigenvalue weighted by molar-refractivity contribution is -0.150. The molecule has 0 spiro atoms. The molecule has 1 N–H and O–H groups in total. The summed E-state index contributed by atoms with van der Waals surface area (Å²) < 4.78 is 5.52. The number of carbonyl (C=O) groups is 2. The Morgan fingerprint density at radius 1 is 1.45 bits per heavy atom. The van der Waals surface area contributed by atoms with Crippen molar-refractivity contribution in [2.24, 2.45) is 0 Å². The number of halogens is 1. The standard InChI is InChI=1S/C13H14ClNO4S/c1-8(19-10-4-2-9(14)3-5-10)12(16)15-7-20-6-11(15)13(17)18/h2-5,8,11H,6-7H2,1H3,(H,17,18). The van der Waals surface area contributed by atoms with Crippen LogP contribution in [0.2, 0.25) is 5.02 Å². The first kappa shape index (κ1) is 15.0. The van der Waals surface area contributed by atoms with Crippen LogP contribution < -0.4 is 4.74 Å². The van der Waals surface area contributed by atoms with Gasteiger partial charge in [-0.05, 0) is 31.2 Å². The second kappa shape index (κ2) is 6.37. The Bertz CT molecular complexity index is 508. The summed E-state index contributed by atoms with van der Waals surface area (Å²) in [5.41, 5.74) is 0. The number of aliphatic carboxylic acids is 1. The van der Waals surface area contributed by atoms with Crippen LogP contribution >= 0.6 is 23.4 Å². The van der Waals surface area contributed by atoms with E-state index in [4.69, 9.17) is 21.4 Å². The Morgan fingerprint density at radius 3 is 2.70 bits per heavy atom. The number of hydrogen-bond acceptors (Lipinski definition) is 4. The topological polar surface area (TPSA) is 66.8 Å². The van der Waals surface area contributed by atoms with Gasteiger partial charge in [-0.25, -0.2) is 4.79 Å². The van der Waals surface area contributed by atoms with E-state index in [-0.39, 0.29) is 5.91 Å². The summed E-state index contributed by atoms with van der Waals surface area (Å²) in [5.74, 6) is 0.00661. The number of carbonyl (C=O) groups excluding carboxylic acids is 1. The summed E-state index contributed by atoms with van der Waals surface area (Å²) in [6.45, 7) is 1.61. The van der Waals surface area contributed by atoms with Gasteiger partial charge in [0.1, 0.15) is 11.8 Å². The van der Waals surface area contributed by atoms with Gasteiger partial charge in [0, 0.05) is 10.8 Å². The number of thioether (sulfide) groups is 1. The molecule has 1 aliphatic heterocycles. The fraction of sp³-hybridized carbons (Fsp3) is 0.385. The molecule has 2 atom stereocenters. The van der Waals surface area contributed by atoms with Crippen molar-refractivity contribution in [2.45, 2.75) is 19.1 Å². The molecule has 0 aromatic heterocycles. The second-order valence-electron chi connectivity index (χ2n) is 4.38. The normalized spacial score (nSPS) is 19.7. The van der Waals surface area contributed by atoms with Crippen LogP contribution in [0, 0.1) is 0 Å². The summed E-state index contributed by atoms with van der Waals surface area (Å²) in [4.78, 5) is 24.6. The lowest BCUT2D eigenvalue weighted by Crippen LogP contribution is -2.47. The van der Waals surface area contributed by atoms with Gasteiger partial charge in [0.15, 0.2) is 6.10 Å². The first-order valence-corrected chi connectivity index (χ1v) is 7.55. The molecule has 1 saturated heterocycles. The van der Waals surface area contributed by atoms with Crippen LogP contribution in [0.4, 0.5) is 0 Å². The monoisotopic (exact) mass is 315 g/mol. The minimum atomic E-state index is -0.984. The highest BCUT2D eigenvalue weighted by atomic mass is 35.5. The number of amides is 1. The first-order chi connectivity index (χ1) is 9.49. The third-order valence-corrected chi connectivity index (χ3v) is 4.19. The summed E-state index contributed by atoms with van der Waals surface area (Å²) in [5, 5.41) is 9.65. The van der Waals surface area contributed by atoms with E-state index in [1.807, 2.05) is 0 Å². The summed E-state index contributed by atoms with van der Waals surface area (Å²) in [7, 11) is 0. The third kappa shape index (κ3) is 3.37. The van der Waals surface area contributed by atoms with Crippen LogP contribution in [0.15, 0.2) is 24.3 Å². The van der Waals surface area contributed by atoms with E-state index >= 15 is 0 Å². The maximum absolute atomic E-state index is 12.2. The molecule has 1 aromatic rings.